The number of fused-ring (bicyclic) bond motifs is 2. The zero-order chi connectivity index (χ0) is 31.4. The Morgan fingerprint density at radius 3 is 1.27 bits per heavy atom. The minimum atomic E-state index is 0. The summed E-state index contributed by atoms with van der Waals surface area (Å²) in [4.78, 5) is 0. The molecule has 0 amide bonds. The summed E-state index contributed by atoms with van der Waals surface area (Å²) in [7, 11) is 0. The molecule has 0 N–H and O–H groups in total. The second kappa shape index (κ2) is 13.9. The Kier molecular flexibility index (Phi) is 9.89. The van der Waals surface area contributed by atoms with Crippen LogP contribution in [0.25, 0.3) is 43.1 Å². The Labute approximate surface area is 302 Å². The summed E-state index contributed by atoms with van der Waals surface area (Å²) < 4.78 is 0. The Morgan fingerprint density at radius 2 is 0.854 bits per heavy atom. The maximum absolute atomic E-state index is 3.06. The third kappa shape index (κ3) is 5.68. The van der Waals surface area contributed by atoms with Gasteiger partial charge in [-0.1, -0.05) is 110 Å². The van der Waals surface area contributed by atoms with Crippen LogP contribution in [0.2, 0.25) is 0 Å². The number of aryl methyl sites for hydroxylation is 2. The molecule has 0 saturated carbocycles. The molecule has 0 aromatic heterocycles. The predicted molar refractivity (Wildman–Crippen MR) is 206 cm³/mol. The molecule has 2 atom stereocenters. The molecule has 2 aliphatic carbocycles. The molecular weight excluding hydrogens is 672 g/mol. The van der Waals surface area contributed by atoms with E-state index < -0.39 is 0 Å². The van der Waals surface area contributed by atoms with Crippen molar-refractivity contribution in [2.75, 3.05) is 0 Å². The molecule has 0 bridgehead atoms. The molecule has 0 fully saturated rings. The molecule has 10 rings (SSSR count). The van der Waals surface area contributed by atoms with E-state index in [0.29, 0.717) is 11.8 Å². The van der Waals surface area contributed by atoms with Gasteiger partial charge in [-0.25, -0.2) is 0 Å². The first-order chi connectivity index (χ1) is 22.6. The Hall–Kier alpha value is -3.84. The molecule has 0 nitrogen and oxygen atoms in total. The van der Waals surface area contributed by atoms with E-state index in [1.807, 2.05) is 0 Å². The van der Waals surface area contributed by atoms with Crippen LogP contribution in [0.3, 0.4) is 0 Å². The van der Waals surface area contributed by atoms with Crippen molar-refractivity contribution in [1.29, 1.82) is 0 Å². The number of rotatable bonds is 2. The van der Waals surface area contributed by atoms with Crippen molar-refractivity contribution in [3.05, 3.63) is 193 Å². The van der Waals surface area contributed by atoms with E-state index >= 15 is 0 Å². The van der Waals surface area contributed by atoms with Gasteiger partial charge in [-0.2, -0.15) is 12.1 Å². The summed E-state index contributed by atoms with van der Waals surface area (Å²) in [5, 5.41) is 11.3. The van der Waals surface area contributed by atoms with Gasteiger partial charge in [0.2, 0.25) is 0 Å². The summed E-state index contributed by atoms with van der Waals surface area (Å²) in [5.41, 5.74) is 11.7. The van der Waals surface area contributed by atoms with Crippen LogP contribution in [0, 0.1) is 28.7 Å². The first-order valence-corrected chi connectivity index (χ1v) is 20.4. The van der Waals surface area contributed by atoms with Gasteiger partial charge in [0.1, 0.15) is 0 Å². The van der Waals surface area contributed by atoms with Crippen LogP contribution in [0.15, 0.2) is 133 Å². The fraction of sp³-hybridized carbons (Fsp3) is 0.130. The van der Waals surface area contributed by atoms with Crippen molar-refractivity contribution in [3.63, 3.8) is 0 Å². The van der Waals surface area contributed by atoms with Crippen molar-refractivity contribution >= 4 is 50.0 Å². The summed E-state index contributed by atoms with van der Waals surface area (Å²) in [5.74, 6) is 0.984. The first kappa shape index (κ1) is 34.0. The van der Waals surface area contributed by atoms with Crippen molar-refractivity contribution in [2.24, 2.45) is 0 Å². The van der Waals surface area contributed by atoms with Crippen LogP contribution in [0.4, 0.5) is 0 Å². The maximum atomic E-state index is 3.06. The molecule has 8 aromatic rings. The molecule has 2 aliphatic rings. The van der Waals surface area contributed by atoms with Gasteiger partial charge in [0.15, 0.2) is 0 Å². The molecule has 236 valence electrons. The third-order valence-corrected chi connectivity index (χ3v) is 10.3. The van der Waals surface area contributed by atoms with Gasteiger partial charge >= 0.3 is 30.2 Å². The summed E-state index contributed by atoms with van der Waals surface area (Å²) in [6.45, 7) is 7.44. The van der Waals surface area contributed by atoms with Crippen molar-refractivity contribution in [3.8, 4) is 0 Å². The van der Waals surface area contributed by atoms with E-state index in [2.05, 4.69) is 154 Å². The fourth-order valence-electron chi connectivity index (χ4n) is 8.46. The molecule has 2 radical (unpaired) electrons. The molecule has 48 heavy (non-hydrogen) atoms. The average Bonchev–Trinajstić information content (AvgIpc) is 3.86. The zero-order valence-electron chi connectivity index (χ0n) is 28.3. The van der Waals surface area contributed by atoms with Crippen molar-refractivity contribution in [2.45, 2.75) is 38.5 Å². The van der Waals surface area contributed by atoms with Crippen LogP contribution in [-0.4, -0.2) is 6.88 Å². The van der Waals surface area contributed by atoms with Crippen LogP contribution < -0.4 is 0 Å². The Balaban J connectivity index is 0.000000153. The number of hydrogen-bond acceptors (Lipinski definition) is 0. The third-order valence-electron chi connectivity index (χ3n) is 10.3. The van der Waals surface area contributed by atoms with Gasteiger partial charge in [-0.05, 0) is 56.6 Å². The molecule has 2 heteroatoms. The van der Waals surface area contributed by atoms with Crippen LogP contribution in [0.5, 0.6) is 0 Å². The molecule has 0 saturated heterocycles. The summed E-state index contributed by atoms with van der Waals surface area (Å²) in [6.07, 6.45) is 2.25. The molecular formula is C46H40SiZr-4. The minimum absolute atomic E-state index is 0. The standard InChI is InChI=1S/2C22H17.2CH3.Si.Zr/c2*1-14-11-16-7-4-9-18(20(16)12-14)21-13-17-8-2-5-15-6-3-10-19(21)22(15)17;;;;/h2*2-12,21H,13H2,1H3;2*1H3;;/q4*-1;;. The van der Waals surface area contributed by atoms with Crippen LogP contribution in [0.1, 0.15) is 56.3 Å². The van der Waals surface area contributed by atoms with Gasteiger partial charge in [-0.15, -0.1) is 69.1 Å². The molecule has 0 heterocycles. The van der Waals surface area contributed by atoms with E-state index in [9.17, 15) is 0 Å². The monoisotopic (exact) mass is 710 g/mol. The van der Waals surface area contributed by atoms with Gasteiger partial charge in [0, 0.05) is 11.8 Å². The van der Waals surface area contributed by atoms with Gasteiger partial charge in [-0.3, -0.25) is 0 Å². The van der Waals surface area contributed by atoms with E-state index in [1.165, 1.54) is 111 Å². The first-order valence-electron chi connectivity index (χ1n) is 16.2. The molecule has 0 spiro atoms. The van der Waals surface area contributed by atoms with E-state index in [4.69, 9.17) is 0 Å². The van der Waals surface area contributed by atoms with Gasteiger partial charge < -0.3 is 14.9 Å². The van der Waals surface area contributed by atoms with Crippen molar-refractivity contribution in [1.82, 2.24) is 0 Å². The van der Waals surface area contributed by atoms with E-state index in [1.54, 1.807) is 0 Å². The fourth-order valence-corrected chi connectivity index (χ4v) is 8.46. The quantitative estimate of drug-likeness (QED) is 0.124. The Bertz CT molecular complexity index is 2220. The van der Waals surface area contributed by atoms with Crippen LogP contribution >= 0.6 is 0 Å². The van der Waals surface area contributed by atoms with Gasteiger partial charge in [0.05, 0.1) is 0 Å². The number of hydrogen-bond donors (Lipinski definition) is 0. The number of benzene rings is 6. The normalized spacial score (nSPS) is 15.4. The van der Waals surface area contributed by atoms with Crippen LogP contribution in [-0.2, 0) is 36.2 Å². The zero-order valence-corrected chi connectivity index (χ0v) is 31.7. The average molecular weight is 712 g/mol. The molecule has 2 unspecified atom stereocenters. The van der Waals surface area contributed by atoms with E-state index in [0.717, 1.165) is 12.8 Å². The van der Waals surface area contributed by atoms with E-state index in [-0.39, 0.29) is 14.9 Å². The predicted octanol–water partition coefficient (Wildman–Crippen LogP) is 11.9. The SMILES string of the molecule is Cc1cc2c(C3Cc4cccc5cccc3c45)cccc2[cH-]1.Cc1cc2c(C3Cc4cccc5cccc3c45)cccc2[cH-]1.[CH3-].[CH3-].[Si]=[Zr]. The van der Waals surface area contributed by atoms with Gasteiger partial charge in [0.25, 0.3) is 0 Å². The molecule has 8 aromatic carbocycles. The summed E-state index contributed by atoms with van der Waals surface area (Å²) >= 11 is 1.36. The second-order valence-electron chi connectivity index (χ2n) is 13.0. The molecule has 0 aliphatic heterocycles. The second-order valence-corrected chi connectivity index (χ2v) is 13.0. The van der Waals surface area contributed by atoms with Crippen molar-refractivity contribution < 1.29 is 23.3 Å². The summed E-state index contributed by atoms with van der Waals surface area (Å²) in [6, 6.07) is 49.7. The Morgan fingerprint density at radius 1 is 0.500 bits per heavy atom. The topological polar surface area (TPSA) is 0 Å².